The zero-order chi connectivity index (χ0) is 16.7. The minimum Gasteiger partial charge on any atom is -0.493 e. The Hall–Kier alpha value is -1.51. The summed E-state index contributed by atoms with van der Waals surface area (Å²) >= 11 is 0. The molecule has 0 radical (unpaired) electrons. The van der Waals surface area contributed by atoms with Gasteiger partial charge in [-0.15, -0.1) is 0 Å². The summed E-state index contributed by atoms with van der Waals surface area (Å²) in [5, 5.41) is 3.33. The van der Waals surface area contributed by atoms with Gasteiger partial charge in [0, 0.05) is 6.04 Å². The Morgan fingerprint density at radius 3 is 2.33 bits per heavy atom. The molecule has 5 rings (SSSR count). The Bertz CT molecular complexity index is 589. The fraction of sp³-hybridized carbons (Fsp3) is 0.667. The number of hydrogen-bond acceptors (Lipinski definition) is 2. The highest BCUT2D eigenvalue weighted by atomic mass is 16.5. The molecule has 3 heteroatoms. The Labute approximate surface area is 145 Å². The average Bonchev–Trinajstić information content (AvgIpc) is 2.54. The number of nitrogens with one attached hydrogen (secondary N) is 1. The maximum absolute atomic E-state index is 12.9. The quantitative estimate of drug-likeness (QED) is 0.869. The van der Waals surface area contributed by atoms with Gasteiger partial charge >= 0.3 is 0 Å². The number of rotatable bonds is 5. The van der Waals surface area contributed by atoms with E-state index in [2.05, 4.69) is 12.2 Å². The zero-order valence-corrected chi connectivity index (χ0v) is 14.9. The maximum atomic E-state index is 12.9. The lowest BCUT2D eigenvalue weighted by molar-refractivity contribution is -0.0688. The van der Waals surface area contributed by atoms with E-state index in [9.17, 15) is 4.79 Å². The van der Waals surface area contributed by atoms with Crippen LogP contribution in [0.1, 0.15) is 62.7 Å². The molecule has 0 saturated heterocycles. The van der Waals surface area contributed by atoms with Gasteiger partial charge in [-0.25, -0.2) is 0 Å². The van der Waals surface area contributed by atoms with Crippen molar-refractivity contribution in [1.29, 1.82) is 0 Å². The first-order chi connectivity index (χ1) is 11.6. The molecule has 4 aliphatic carbocycles. The molecule has 1 aromatic carbocycles. The van der Waals surface area contributed by atoms with Gasteiger partial charge in [0.15, 0.2) is 0 Å². The summed E-state index contributed by atoms with van der Waals surface area (Å²) in [6.07, 6.45) is 8.25. The molecule has 1 amide bonds. The van der Waals surface area contributed by atoms with Crippen molar-refractivity contribution in [3.8, 4) is 5.75 Å². The van der Waals surface area contributed by atoms with Crippen LogP contribution in [0.5, 0.6) is 5.75 Å². The van der Waals surface area contributed by atoms with Gasteiger partial charge in [-0.1, -0.05) is 12.1 Å². The normalized spacial score (nSPS) is 34.8. The molecule has 0 aliphatic heterocycles. The Morgan fingerprint density at radius 2 is 1.75 bits per heavy atom. The fourth-order valence-corrected chi connectivity index (χ4v) is 6.07. The second-order valence-electron chi connectivity index (χ2n) is 8.40. The third-order valence-electron chi connectivity index (χ3n) is 6.78. The van der Waals surface area contributed by atoms with Crippen molar-refractivity contribution in [2.24, 2.45) is 23.2 Å². The smallest absolute Gasteiger partial charge is 0.255 e. The first-order valence-corrected chi connectivity index (χ1v) is 9.62. The Morgan fingerprint density at radius 1 is 1.17 bits per heavy atom. The Kier molecular flexibility index (Phi) is 4.06. The van der Waals surface area contributed by atoms with Crippen LogP contribution in [0.2, 0.25) is 0 Å². The SMILES string of the molecule is CCOc1ccccc1C(=O)NC(C)C12CC3CC(CC(C3)C1)C2. The molecule has 4 bridgehead atoms. The summed E-state index contributed by atoms with van der Waals surface area (Å²) in [4.78, 5) is 12.9. The van der Waals surface area contributed by atoms with Crippen LogP contribution in [-0.4, -0.2) is 18.6 Å². The molecule has 1 aromatic rings. The molecule has 0 aromatic heterocycles. The maximum Gasteiger partial charge on any atom is 0.255 e. The molecule has 130 valence electrons. The van der Waals surface area contributed by atoms with Gasteiger partial charge in [0.2, 0.25) is 0 Å². The van der Waals surface area contributed by atoms with Gasteiger partial charge in [0.05, 0.1) is 12.2 Å². The van der Waals surface area contributed by atoms with Crippen LogP contribution in [0.15, 0.2) is 24.3 Å². The second-order valence-corrected chi connectivity index (χ2v) is 8.40. The highest BCUT2D eigenvalue weighted by Crippen LogP contribution is 2.61. The molecule has 4 aliphatic rings. The molecule has 0 spiro atoms. The third kappa shape index (κ3) is 2.72. The lowest BCUT2D eigenvalue weighted by Gasteiger charge is -2.59. The third-order valence-corrected chi connectivity index (χ3v) is 6.78. The van der Waals surface area contributed by atoms with Crippen LogP contribution < -0.4 is 10.1 Å². The van der Waals surface area contributed by atoms with Crippen molar-refractivity contribution in [3.63, 3.8) is 0 Å². The molecule has 4 fully saturated rings. The number of carbonyl (C=O) groups is 1. The van der Waals surface area contributed by atoms with Gasteiger partial charge in [-0.3, -0.25) is 4.79 Å². The van der Waals surface area contributed by atoms with Crippen LogP contribution >= 0.6 is 0 Å². The molecule has 4 saturated carbocycles. The Balaban J connectivity index is 1.50. The first kappa shape index (κ1) is 16.0. The molecule has 1 atom stereocenters. The number of amides is 1. The van der Waals surface area contributed by atoms with Gasteiger partial charge in [-0.2, -0.15) is 0 Å². The first-order valence-electron chi connectivity index (χ1n) is 9.62. The summed E-state index contributed by atoms with van der Waals surface area (Å²) < 4.78 is 5.63. The largest absolute Gasteiger partial charge is 0.493 e. The van der Waals surface area contributed by atoms with E-state index in [1.165, 1.54) is 38.5 Å². The summed E-state index contributed by atoms with van der Waals surface area (Å²) in [5.74, 6) is 3.43. The molecular formula is C21H29NO2. The molecule has 1 unspecified atom stereocenters. The van der Waals surface area contributed by atoms with E-state index in [0.29, 0.717) is 23.3 Å². The van der Waals surface area contributed by atoms with Crippen LogP contribution in [0.3, 0.4) is 0 Å². The van der Waals surface area contributed by atoms with Crippen molar-refractivity contribution >= 4 is 5.91 Å². The molecule has 24 heavy (non-hydrogen) atoms. The van der Waals surface area contributed by atoms with Crippen molar-refractivity contribution in [2.45, 2.75) is 58.4 Å². The van der Waals surface area contributed by atoms with E-state index < -0.39 is 0 Å². The van der Waals surface area contributed by atoms with Crippen LogP contribution in [0, 0.1) is 23.2 Å². The van der Waals surface area contributed by atoms with E-state index >= 15 is 0 Å². The number of ether oxygens (including phenoxy) is 1. The summed E-state index contributed by atoms with van der Waals surface area (Å²) in [6.45, 7) is 4.76. The molecule has 1 N–H and O–H groups in total. The molecule has 0 heterocycles. The highest BCUT2D eigenvalue weighted by Gasteiger charge is 2.53. The summed E-state index contributed by atoms with van der Waals surface area (Å²) in [5.41, 5.74) is 1.00. The average molecular weight is 327 g/mol. The van der Waals surface area contributed by atoms with Crippen molar-refractivity contribution in [3.05, 3.63) is 29.8 Å². The summed E-state index contributed by atoms with van der Waals surface area (Å²) in [6, 6.07) is 7.82. The number of carbonyl (C=O) groups excluding carboxylic acids is 1. The van der Waals surface area contributed by atoms with E-state index in [-0.39, 0.29) is 11.9 Å². The van der Waals surface area contributed by atoms with E-state index in [4.69, 9.17) is 4.74 Å². The van der Waals surface area contributed by atoms with Crippen LogP contribution in [0.4, 0.5) is 0 Å². The monoisotopic (exact) mass is 327 g/mol. The molecule has 3 nitrogen and oxygen atoms in total. The topological polar surface area (TPSA) is 38.3 Å². The van der Waals surface area contributed by atoms with Crippen molar-refractivity contribution < 1.29 is 9.53 Å². The number of para-hydroxylation sites is 1. The lowest BCUT2D eigenvalue weighted by atomic mass is 9.48. The second kappa shape index (κ2) is 6.09. The van der Waals surface area contributed by atoms with Crippen molar-refractivity contribution in [1.82, 2.24) is 5.32 Å². The van der Waals surface area contributed by atoms with Gasteiger partial charge in [0.25, 0.3) is 5.91 Å². The summed E-state index contributed by atoms with van der Waals surface area (Å²) in [7, 11) is 0. The van der Waals surface area contributed by atoms with Gasteiger partial charge in [-0.05, 0) is 87.7 Å². The standard InChI is InChI=1S/C21H29NO2/c1-3-24-19-7-5-4-6-18(19)20(23)22-14(2)21-11-15-8-16(12-21)10-17(9-15)13-21/h4-7,14-17H,3,8-13H2,1-2H3,(H,22,23). The van der Waals surface area contributed by atoms with Crippen LogP contribution in [-0.2, 0) is 0 Å². The van der Waals surface area contributed by atoms with Crippen LogP contribution in [0.25, 0.3) is 0 Å². The number of benzene rings is 1. The molecular weight excluding hydrogens is 298 g/mol. The van der Waals surface area contributed by atoms with E-state index in [1.54, 1.807) is 0 Å². The van der Waals surface area contributed by atoms with E-state index in [1.807, 2.05) is 31.2 Å². The van der Waals surface area contributed by atoms with Gasteiger partial charge in [0.1, 0.15) is 5.75 Å². The minimum absolute atomic E-state index is 0.0160. The lowest BCUT2D eigenvalue weighted by Crippen LogP contribution is -2.55. The van der Waals surface area contributed by atoms with E-state index in [0.717, 1.165) is 17.8 Å². The highest BCUT2D eigenvalue weighted by molar-refractivity contribution is 5.97. The predicted octanol–water partition coefficient (Wildman–Crippen LogP) is 4.42. The van der Waals surface area contributed by atoms with Crippen molar-refractivity contribution in [2.75, 3.05) is 6.61 Å². The van der Waals surface area contributed by atoms with Gasteiger partial charge < -0.3 is 10.1 Å². The minimum atomic E-state index is 0.0160. The number of hydrogen-bond donors (Lipinski definition) is 1. The fourth-order valence-electron chi connectivity index (χ4n) is 6.07. The predicted molar refractivity (Wildman–Crippen MR) is 95.1 cm³/mol. The zero-order valence-electron chi connectivity index (χ0n) is 14.9.